The van der Waals surface area contributed by atoms with E-state index in [-0.39, 0.29) is 0 Å². The Morgan fingerprint density at radius 2 is 2.44 bits per heavy atom. The second-order valence-electron chi connectivity index (χ2n) is 4.97. The molecule has 0 spiro atoms. The molecule has 0 aromatic carbocycles. The fourth-order valence-electron chi connectivity index (χ4n) is 2.53. The van der Waals surface area contributed by atoms with Gasteiger partial charge in [-0.1, -0.05) is 0 Å². The minimum Gasteiger partial charge on any atom is -0.312 e. The highest BCUT2D eigenvalue weighted by molar-refractivity contribution is 7.07. The summed E-state index contributed by atoms with van der Waals surface area (Å²) < 4.78 is 0. The highest BCUT2D eigenvalue weighted by atomic mass is 32.1. The molecule has 2 aliphatic rings. The van der Waals surface area contributed by atoms with Gasteiger partial charge in [0.15, 0.2) is 0 Å². The lowest BCUT2D eigenvalue weighted by Gasteiger charge is -2.23. The lowest BCUT2D eigenvalue weighted by molar-refractivity contribution is 0.248. The van der Waals surface area contributed by atoms with Crippen molar-refractivity contribution in [3.05, 3.63) is 16.6 Å². The van der Waals surface area contributed by atoms with Gasteiger partial charge in [-0.3, -0.25) is 4.90 Å². The van der Waals surface area contributed by atoms with Crippen LogP contribution in [0.3, 0.4) is 0 Å². The molecule has 2 fully saturated rings. The van der Waals surface area contributed by atoms with Crippen LogP contribution in [0.2, 0.25) is 0 Å². The van der Waals surface area contributed by atoms with Crippen LogP contribution in [0.15, 0.2) is 10.9 Å². The molecule has 0 radical (unpaired) electrons. The van der Waals surface area contributed by atoms with Gasteiger partial charge in [0.25, 0.3) is 0 Å². The fraction of sp³-hybridized carbons (Fsp3) is 0.750. The van der Waals surface area contributed by atoms with E-state index in [9.17, 15) is 0 Å². The van der Waals surface area contributed by atoms with Crippen molar-refractivity contribution in [2.75, 3.05) is 19.6 Å². The molecule has 1 saturated heterocycles. The summed E-state index contributed by atoms with van der Waals surface area (Å²) in [7, 11) is 0. The maximum atomic E-state index is 4.38. The van der Waals surface area contributed by atoms with Crippen molar-refractivity contribution in [2.45, 2.75) is 31.8 Å². The molecule has 2 heterocycles. The Kier molecular flexibility index (Phi) is 3.22. The van der Waals surface area contributed by atoms with Gasteiger partial charge in [0.05, 0.1) is 11.2 Å². The largest absolute Gasteiger partial charge is 0.312 e. The van der Waals surface area contributed by atoms with Crippen LogP contribution in [0.1, 0.15) is 25.0 Å². The molecule has 0 amide bonds. The molecule has 88 valence electrons. The van der Waals surface area contributed by atoms with E-state index in [4.69, 9.17) is 0 Å². The van der Waals surface area contributed by atoms with E-state index in [2.05, 4.69) is 20.6 Å². The zero-order valence-electron chi connectivity index (χ0n) is 9.56. The molecule has 1 unspecified atom stereocenters. The normalized spacial score (nSPS) is 27.9. The van der Waals surface area contributed by atoms with Gasteiger partial charge in [-0.2, -0.15) is 0 Å². The summed E-state index contributed by atoms with van der Waals surface area (Å²) in [5.41, 5.74) is 3.17. The van der Waals surface area contributed by atoms with Gasteiger partial charge in [0.2, 0.25) is 0 Å². The van der Waals surface area contributed by atoms with Crippen LogP contribution in [0.25, 0.3) is 0 Å². The Hall–Kier alpha value is -0.450. The van der Waals surface area contributed by atoms with Crippen LogP contribution >= 0.6 is 11.3 Å². The Morgan fingerprint density at radius 1 is 1.50 bits per heavy atom. The van der Waals surface area contributed by atoms with Gasteiger partial charge in [-0.25, -0.2) is 4.98 Å². The maximum absolute atomic E-state index is 4.38. The van der Waals surface area contributed by atoms with Gasteiger partial charge in [-0.15, -0.1) is 11.3 Å². The third-order valence-corrected chi connectivity index (χ3v) is 4.21. The van der Waals surface area contributed by atoms with E-state index in [0.717, 1.165) is 18.5 Å². The molecule has 16 heavy (non-hydrogen) atoms. The van der Waals surface area contributed by atoms with E-state index < -0.39 is 0 Å². The fourth-order valence-corrected chi connectivity index (χ4v) is 3.08. The van der Waals surface area contributed by atoms with E-state index in [0.29, 0.717) is 0 Å². The van der Waals surface area contributed by atoms with Crippen molar-refractivity contribution in [3.8, 4) is 0 Å². The summed E-state index contributed by atoms with van der Waals surface area (Å²) in [4.78, 5) is 6.95. The molecule has 1 saturated carbocycles. The SMILES string of the molecule is c1nc(CN2CCCNC(C3CC3)C2)cs1. The highest BCUT2D eigenvalue weighted by Gasteiger charge is 2.32. The van der Waals surface area contributed by atoms with Crippen molar-refractivity contribution >= 4 is 11.3 Å². The average molecular weight is 237 g/mol. The van der Waals surface area contributed by atoms with Crippen molar-refractivity contribution in [3.63, 3.8) is 0 Å². The zero-order valence-corrected chi connectivity index (χ0v) is 10.4. The Morgan fingerprint density at radius 3 is 3.19 bits per heavy atom. The van der Waals surface area contributed by atoms with Gasteiger partial charge in [-0.05, 0) is 38.3 Å². The lowest BCUT2D eigenvalue weighted by atomic mass is 10.2. The van der Waals surface area contributed by atoms with Crippen molar-refractivity contribution < 1.29 is 0 Å². The first-order chi connectivity index (χ1) is 7.92. The molecular weight excluding hydrogens is 218 g/mol. The monoisotopic (exact) mass is 237 g/mol. The minimum atomic E-state index is 0.737. The molecule has 1 aliphatic heterocycles. The number of hydrogen-bond acceptors (Lipinski definition) is 4. The molecule has 1 aliphatic carbocycles. The second kappa shape index (κ2) is 4.82. The third kappa shape index (κ3) is 2.62. The molecule has 1 aromatic heterocycles. The zero-order chi connectivity index (χ0) is 10.8. The Labute approximate surface area is 101 Å². The summed E-state index contributed by atoms with van der Waals surface area (Å²) in [6.45, 7) is 4.65. The van der Waals surface area contributed by atoms with E-state index >= 15 is 0 Å². The predicted molar refractivity (Wildman–Crippen MR) is 66.5 cm³/mol. The van der Waals surface area contributed by atoms with Crippen LogP contribution in [-0.4, -0.2) is 35.6 Å². The summed E-state index contributed by atoms with van der Waals surface area (Å²) in [6, 6.07) is 0.737. The van der Waals surface area contributed by atoms with Crippen molar-refractivity contribution in [1.82, 2.24) is 15.2 Å². The summed E-state index contributed by atoms with van der Waals surface area (Å²) in [5, 5.41) is 5.86. The average Bonchev–Trinajstić information content (AvgIpc) is 3.03. The first-order valence-electron chi connectivity index (χ1n) is 6.24. The molecular formula is C12H19N3S. The van der Waals surface area contributed by atoms with Crippen molar-refractivity contribution in [1.29, 1.82) is 0 Å². The molecule has 0 bridgehead atoms. The minimum absolute atomic E-state index is 0.737. The molecule has 4 heteroatoms. The van der Waals surface area contributed by atoms with Crippen LogP contribution < -0.4 is 5.32 Å². The van der Waals surface area contributed by atoms with Gasteiger partial charge < -0.3 is 5.32 Å². The number of nitrogens with one attached hydrogen (secondary N) is 1. The summed E-state index contributed by atoms with van der Waals surface area (Å²) in [6.07, 6.45) is 4.14. The van der Waals surface area contributed by atoms with E-state index in [1.807, 2.05) is 5.51 Å². The molecule has 1 atom stereocenters. The summed E-state index contributed by atoms with van der Waals surface area (Å²) >= 11 is 1.70. The van der Waals surface area contributed by atoms with Gasteiger partial charge >= 0.3 is 0 Å². The van der Waals surface area contributed by atoms with Crippen LogP contribution in [0, 0.1) is 5.92 Å². The second-order valence-corrected chi connectivity index (χ2v) is 5.69. The lowest BCUT2D eigenvalue weighted by Crippen LogP contribution is -2.38. The van der Waals surface area contributed by atoms with Crippen LogP contribution in [0.5, 0.6) is 0 Å². The first kappa shape index (κ1) is 10.7. The number of thiazole rings is 1. The number of rotatable bonds is 3. The number of nitrogens with zero attached hydrogens (tertiary/aromatic N) is 2. The molecule has 3 rings (SSSR count). The quantitative estimate of drug-likeness (QED) is 0.867. The van der Waals surface area contributed by atoms with Crippen molar-refractivity contribution in [2.24, 2.45) is 5.92 Å². The number of aromatic nitrogens is 1. The topological polar surface area (TPSA) is 28.2 Å². The molecule has 3 nitrogen and oxygen atoms in total. The Bertz CT molecular complexity index is 321. The maximum Gasteiger partial charge on any atom is 0.0795 e. The standard InChI is InChI=1S/C12H19N3S/c1-4-13-12(10-2-3-10)7-15(5-1)6-11-8-16-9-14-11/h8-10,12-13H,1-7H2. The molecule has 1 N–H and O–H groups in total. The Balaban J connectivity index is 1.60. The van der Waals surface area contributed by atoms with E-state index in [1.165, 1.54) is 44.6 Å². The predicted octanol–water partition coefficient (Wildman–Crippen LogP) is 1.72. The first-order valence-corrected chi connectivity index (χ1v) is 7.19. The molecule has 1 aromatic rings. The summed E-state index contributed by atoms with van der Waals surface area (Å²) in [5.74, 6) is 0.955. The smallest absolute Gasteiger partial charge is 0.0795 e. The van der Waals surface area contributed by atoms with E-state index in [1.54, 1.807) is 11.3 Å². The van der Waals surface area contributed by atoms with Crippen LogP contribution in [-0.2, 0) is 6.54 Å². The van der Waals surface area contributed by atoms with Gasteiger partial charge in [0, 0.05) is 24.5 Å². The number of hydrogen-bond donors (Lipinski definition) is 1. The highest BCUT2D eigenvalue weighted by Crippen LogP contribution is 2.33. The third-order valence-electron chi connectivity index (χ3n) is 3.57. The van der Waals surface area contributed by atoms with Crippen LogP contribution in [0.4, 0.5) is 0 Å². The van der Waals surface area contributed by atoms with Gasteiger partial charge in [0.1, 0.15) is 0 Å².